The van der Waals surface area contributed by atoms with E-state index in [0.717, 1.165) is 37.1 Å². The number of carbonyl (C=O) groups excluding carboxylic acids is 2. The quantitative estimate of drug-likeness (QED) is 0.882. The van der Waals surface area contributed by atoms with Crippen molar-refractivity contribution in [3.63, 3.8) is 0 Å². The first-order valence-electron chi connectivity index (χ1n) is 9.29. The van der Waals surface area contributed by atoms with Crippen LogP contribution in [0.4, 0.5) is 5.69 Å². The average molecular weight is 350 g/mol. The number of rotatable bonds is 5. The number of carbonyl (C=O) groups is 2. The maximum absolute atomic E-state index is 12.9. The number of nitrogens with zero attached hydrogens (tertiary/aromatic N) is 1. The molecule has 0 spiro atoms. The highest BCUT2D eigenvalue weighted by atomic mass is 16.2. The molecule has 1 fully saturated rings. The summed E-state index contributed by atoms with van der Waals surface area (Å²) in [5.41, 5.74) is 4.50. The molecular formula is C22H26N2O2. The third kappa shape index (κ3) is 4.31. The summed E-state index contributed by atoms with van der Waals surface area (Å²) in [6.45, 7) is 5.57. The van der Waals surface area contributed by atoms with E-state index < -0.39 is 0 Å². The zero-order valence-electron chi connectivity index (χ0n) is 15.5. The van der Waals surface area contributed by atoms with E-state index in [0.29, 0.717) is 24.1 Å². The van der Waals surface area contributed by atoms with Crippen LogP contribution in [0.2, 0.25) is 0 Å². The maximum Gasteiger partial charge on any atom is 0.256 e. The second-order valence-corrected chi connectivity index (χ2v) is 7.03. The lowest BCUT2D eigenvalue weighted by Gasteiger charge is -2.19. The van der Waals surface area contributed by atoms with Crippen molar-refractivity contribution in [3.05, 3.63) is 64.7 Å². The normalized spacial score (nSPS) is 13.7. The van der Waals surface area contributed by atoms with Crippen LogP contribution < -0.4 is 5.32 Å². The largest absolute Gasteiger partial charge is 0.339 e. The predicted octanol–water partition coefficient (Wildman–Crippen LogP) is 4.11. The van der Waals surface area contributed by atoms with E-state index in [9.17, 15) is 9.59 Å². The van der Waals surface area contributed by atoms with E-state index in [1.807, 2.05) is 36.9 Å². The molecule has 136 valence electrons. The maximum atomic E-state index is 12.9. The van der Waals surface area contributed by atoms with Gasteiger partial charge in [0.05, 0.1) is 11.3 Å². The first-order chi connectivity index (χ1) is 12.5. The van der Waals surface area contributed by atoms with Gasteiger partial charge in [-0.15, -0.1) is 0 Å². The fourth-order valence-corrected chi connectivity index (χ4v) is 3.36. The van der Waals surface area contributed by atoms with Crippen LogP contribution in [0.5, 0.6) is 0 Å². The molecule has 1 aliphatic heterocycles. The van der Waals surface area contributed by atoms with Crippen LogP contribution in [0.15, 0.2) is 42.5 Å². The van der Waals surface area contributed by atoms with Crippen LogP contribution in [0.25, 0.3) is 0 Å². The second kappa shape index (κ2) is 8.17. The number of nitrogens with one attached hydrogen (secondary N) is 1. The van der Waals surface area contributed by atoms with Crippen LogP contribution in [0.1, 0.15) is 46.3 Å². The van der Waals surface area contributed by atoms with Crippen LogP contribution in [-0.2, 0) is 11.2 Å². The van der Waals surface area contributed by atoms with E-state index in [-0.39, 0.29) is 11.8 Å². The molecule has 1 N–H and O–H groups in total. The van der Waals surface area contributed by atoms with Crippen molar-refractivity contribution in [3.8, 4) is 0 Å². The highest BCUT2D eigenvalue weighted by Crippen LogP contribution is 2.24. The van der Waals surface area contributed by atoms with Crippen molar-refractivity contribution in [2.24, 2.45) is 0 Å². The Morgan fingerprint density at radius 3 is 2.38 bits per heavy atom. The molecule has 2 aromatic carbocycles. The highest BCUT2D eigenvalue weighted by Gasteiger charge is 2.23. The Labute approximate surface area is 155 Å². The molecule has 3 rings (SSSR count). The van der Waals surface area contributed by atoms with Crippen LogP contribution in [-0.4, -0.2) is 29.8 Å². The molecule has 4 nitrogen and oxygen atoms in total. The predicted molar refractivity (Wildman–Crippen MR) is 104 cm³/mol. The van der Waals surface area contributed by atoms with Gasteiger partial charge in [0.15, 0.2) is 0 Å². The van der Waals surface area contributed by atoms with Gasteiger partial charge < -0.3 is 10.2 Å². The minimum absolute atomic E-state index is 0.0226. The summed E-state index contributed by atoms with van der Waals surface area (Å²) >= 11 is 0. The second-order valence-electron chi connectivity index (χ2n) is 7.03. The standard InChI is InChI=1S/C22H26N2O2/c1-16-8-10-18(11-9-16)12-13-20(25)23-19-7-5-6-17(2)21(19)22(26)24-14-3-4-15-24/h5-11H,3-4,12-15H2,1-2H3,(H,23,25). The Morgan fingerprint density at radius 1 is 1.00 bits per heavy atom. The van der Waals surface area contributed by atoms with Gasteiger partial charge in [0.25, 0.3) is 5.91 Å². The minimum atomic E-state index is -0.0633. The zero-order chi connectivity index (χ0) is 18.5. The fourth-order valence-electron chi connectivity index (χ4n) is 3.36. The van der Waals surface area contributed by atoms with Crippen molar-refractivity contribution in [2.75, 3.05) is 18.4 Å². The summed E-state index contributed by atoms with van der Waals surface area (Å²) in [7, 11) is 0. The topological polar surface area (TPSA) is 49.4 Å². The monoisotopic (exact) mass is 350 g/mol. The molecule has 26 heavy (non-hydrogen) atoms. The van der Waals surface area contributed by atoms with Gasteiger partial charge in [-0.05, 0) is 50.3 Å². The Kier molecular flexibility index (Phi) is 5.71. The highest BCUT2D eigenvalue weighted by molar-refractivity contribution is 6.05. The van der Waals surface area contributed by atoms with Crippen LogP contribution in [0, 0.1) is 13.8 Å². The average Bonchev–Trinajstić information content (AvgIpc) is 3.16. The van der Waals surface area contributed by atoms with Gasteiger partial charge in [-0.2, -0.15) is 0 Å². The lowest BCUT2D eigenvalue weighted by atomic mass is 10.0. The van der Waals surface area contributed by atoms with Gasteiger partial charge in [0.2, 0.25) is 5.91 Å². The Balaban J connectivity index is 1.68. The third-order valence-electron chi connectivity index (χ3n) is 4.92. The minimum Gasteiger partial charge on any atom is -0.339 e. The molecule has 0 unspecified atom stereocenters. The van der Waals surface area contributed by atoms with Crippen molar-refractivity contribution in [2.45, 2.75) is 39.5 Å². The molecule has 2 aromatic rings. The van der Waals surface area contributed by atoms with E-state index >= 15 is 0 Å². The van der Waals surface area contributed by atoms with E-state index in [2.05, 4.69) is 29.6 Å². The number of likely N-dealkylation sites (tertiary alicyclic amines) is 1. The summed E-state index contributed by atoms with van der Waals surface area (Å²) in [4.78, 5) is 27.2. The van der Waals surface area contributed by atoms with Gasteiger partial charge in [-0.3, -0.25) is 9.59 Å². The van der Waals surface area contributed by atoms with Gasteiger partial charge in [-0.1, -0.05) is 42.0 Å². The van der Waals surface area contributed by atoms with Gasteiger partial charge in [0.1, 0.15) is 0 Å². The van der Waals surface area contributed by atoms with Gasteiger partial charge in [-0.25, -0.2) is 0 Å². The summed E-state index contributed by atoms with van der Waals surface area (Å²) in [6, 6.07) is 13.8. The van der Waals surface area contributed by atoms with Gasteiger partial charge >= 0.3 is 0 Å². The molecule has 0 aliphatic carbocycles. The number of hydrogen-bond acceptors (Lipinski definition) is 2. The van der Waals surface area contributed by atoms with Gasteiger partial charge in [0, 0.05) is 19.5 Å². The molecular weight excluding hydrogens is 324 g/mol. The smallest absolute Gasteiger partial charge is 0.256 e. The Morgan fingerprint density at radius 2 is 1.69 bits per heavy atom. The summed E-state index contributed by atoms with van der Waals surface area (Å²) < 4.78 is 0. The molecule has 0 bridgehead atoms. The number of benzene rings is 2. The molecule has 2 amide bonds. The molecule has 0 radical (unpaired) electrons. The summed E-state index contributed by atoms with van der Waals surface area (Å²) in [5, 5.41) is 2.95. The summed E-state index contributed by atoms with van der Waals surface area (Å²) in [6.07, 6.45) is 3.19. The molecule has 1 aliphatic rings. The Bertz CT molecular complexity index is 790. The van der Waals surface area contributed by atoms with Crippen molar-refractivity contribution >= 4 is 17.5 Å². The lowest BCUT2D eigenvalue weighted by molar-refractivity contribution is -0.116. The molecule has 0 saturated carbocycles. The number of anilines is 1. The van der Waals surface area contributed by atoms with E-state index in [1.165, 1.54) is 5.56 Å². The molecule has 0 atom stereocenters. The molecule has 1 heterocycles. The Hall–Kier alpha value is -2.62. The first kappa shape index (κ1) is 18.2. The van der Waals surface area contributed by atoms with E-state index in [4.69, 9.17) is 0 Å². The number of hydrogen-bond donors (Lipinski definition) is 1. The molecule has 0 aromatic heterocycles. The van der Waals surface area contributed by atoms with Crippen molar-refractivity contribution in [1.29, 1.82) is 0 Å². The number of aryl methyl sites for hydroxylation is 3. The first-order valence-corrected chi connectivity index (χ1v) is 9.29. The van der Waals surface area contributed by atoms with Crippen molar-refractivity contribution in [1.82, 2.24) is 4.90 Å². The fraction of sp³-hybridized carbons (Fsp3) is 0.364. The zero-order valence-corrected chi connectivity index (χ0v) is 15.5. The van der Waals surface area contributed by atoms with Crippen molar-refractivity contribution < 1.29 is 9.59 Å². The third-order valence-corrected chi connectivity index (χ3v) is 4.92. The lowest BCUT2D eigenvalue weighted by Crippen LogP contribution is -2.29. The molecule has 4 heteroatoms. The SMILES string of the molecule is Cc1ccc(CCC(=O)Nc2cccc(C)c2C(=O)N2CCCC2)cc1. The van der Waals surface area contributed by atoms with Crippen LogP contribution in [0.3, 0.4) is 0 Å². The summed E-state index contributed by atoms with van der Waals surface area (Å²) in [5.74, 6) is -0.0407. The molecule has 1 saturated heterocycles. The van der Waals surface area contributed by atoms with Crippen LogP contribution >= 0.6 is 0 Å². The number of amides is 2. The van der Waals surface area contributed by atoms with E-state index in [1.54, 1.807) is 0 Å².